The number of carbonyl (C=O) groups is 1. The maximum Gasteiger partial charge on any atom is 0.157 e. The zero-order chi connectivity index (χ0) is 16.9. The molecule has 128 valence electrons. The van der Waals surface area contributed by atoms with Crippen LogP contribution in [-0.4, -0.2) is 23.1 Å². The summed E-state index contributed by atoms with van der Waals surface area (Å²) in [6.07, 6.45) is 7.87. The summed E-state index contributed by atoms with van der Waals surface area (Å²) in [6, 6.07) is 9.94. The van der Waals surface area contributed by atoms with Crippen molar-refractivity contribution in [2.45, 2.75) is 71.2 Å². The number of carbonyl (C=O) groups excluding carboxylic acids is 1. The number of hydrogen-bond donors (Lipinski definition) is 1. The lowest BCUT2D eigenvalue weighted by molar-refractivity contribution is -0.116. The molecule has 0 aromatic heterocycles. The third kappa shape index (κ3) is 10.0. The highest BCUT2D eigenvalue weighted by Crippen LogP contribution is 2.10. The van der Waals surface area contributed by atoms with Gasteiger partial charge in [0.05, 0.1) is 18.8 Å². The van der Waals surface area contributed by atoms with Gasteiger partial charge in [-0.15, -0.1) is 0 Å². The van der Waals surface area contributed by atoms with Gasteiger partial charge in [0, 0.05) is 6.42 Å². The van der Waals surface area contributed by atoms with Crippen molar-refractivity contribution in [3.05, 3.63) is 48.0 Å². The monoisotopic (exact) mass is 318 g/mol. The standard InChI is InChI=1S/C20H30O3/c1-3-4-5-6-10-13-19(21)15-20(22)14-17(2)23-16-18-11-8-7-9-12-18/h7-13,17,20,22H,3-6,14-16H2,1-2H3/b13-10+/t17-,20+/m0/s1. The fourth-order valence-corrected chi connectivity index (χ4v) is 2.37. The molecule has 0 amide bonds. The molecule has 1 aromatic carbocycles. The van der Waals surface area contributed by atoms with Crippen LogP contribution in [0.25, 0.3) is 0 Å². The summed E-state index contributed by atoms with van der Waals surface area (Å²) in [5.41, 5.74) is 1.11. The third-order valence-electron chi connectivity index (χ3n) is 3.70. The van der Waals surface area contributed by atoms with E-state index in [0.717, 1.165) is 18.4 Å². The Bertz CT molecular complexity index is 453. The normalized spacial score (nSPS) is 14.0. The van der Waals surface area contributed by atoms with Gasteiger partial charge in [0.1, 0.15) is 0 Å². The number of aliphatic hydroxyl groups excluding tert-OH is 1. The average Bonchev–Trinajstić information content (AvgIpc) is 2.53. The molecule has 0 fully saturated rings. The number of ether oxygens (including phenoxy) is 1. The Kier molecular flexibility index (Phi) is 10.3. The van der Waals surface area contributed by atoms with E-state index in [2.05, 4.69) is 6.92 Å². The van der Waals surface area contributed by atoms with E-state index >= 15 is 0 Å². The quantitative estimate of drug-likeness (QED) is 0.458. The predicted molar refractivity (Wildman–Crippen MR) is 94.2 cm³/mol. The van der Waals surface area contributed by atoms with Crippen LogP contribution in [0.1, 0.15) is 57.9 Å². The van der Waals surface area contributed by atoms with Gasteiger partial charge in [-0.3, -0.25) is 4.79 Å². The number of allylic oxidation sites excluding steroid dienone is 2. The van der Waals surface area contributed by atoms with Crippen molar-refractivity contribution < 1.29 is 14.6 Å². The molecule has 0 unspecified atom stereocenters. The summed E-state index contributed by atoms with van der Waals surface area (Å²) in [5.74, 6) is -0.00995. The van der Waals surface area contributed by atoms with Crippen LogP contribution in [0.5, 0.6) is 0 Å². The predicted octanol–water partition coefficient (Wildman–Crippen LogP) is 4.44. The van der Waals surface area contributed by atoms with Gasteiger partial charge in [-0.25, -0.2) is 0 Å². The first kappa shape index (κ1) is 19.6. The summed E-state index contributed by atoms with van der Waals surface area (Å²) < 4.78 is 5.72. The van der Waals surface area contributed by atoms with E-state index in [1.165, 1.54) is 12.8 Å². The summed E-state index contributed by atoms with van der Waals surface area (Å²) in [4.78, 5) is 11.8. The van der Waals surface area contributed by atoms with Gasteiger partial charge in [0.25, 0.3) is 0 Å². The zero-order valence-corrected chi connectivity index (χ0v) is 14.4. The highest BCUT2D eigenvalue weighted by Gasteiger charge is 2.13. The van der Waals surface area contributed by atoms with Gasteiger partial charge >= 0.3 is 0 Å². The minimum atomic E-state index is -0.645. The molecule has 0 spiro atoms. The van der Waals surface area contributed by atoms with Crippen LogP contribution in [0.2, 0.25) is 0 Å². The fraction of sp³-hybridized carbons (Fsp3) is 0.550. The molecule has 0 saturated carbocycles. The lowest BCUT2D eigenvalue weighted by atomic mass is 10.1. The Morgan fingerprint density at radius 2 is 2.00 bits per heavy atom. The van der Waals surface area contributed by atoms with E-state index in [1.54, 1.807) is 6.08 Å². The van der Waals surface area contributed by atoms with E-state index in [-0.39, 0.29) is 18.3 Å². The zero-order valence-electron chi connectivity index (χ0n) is 14.4. The molecule has 0 saturated heterocycles. The third-order valence-corrected chi connectivity index (χ3v) is 3.70. The van der Waals surface area contributed by atoms with Gasteiger partial charge < -0.3 is 9.84 Å². The summed E-state index contributed by atoms with van der Waals surface area (Å²) in [7, 11) is 0. The number of unbranched alkanes of at least 4 members (excludes halogenated alkanes) is 3. The molecule has 0 aliphatic carbocycles. The van der Waals surface area contributed by atoms with Crippen LogP contribution < -0.4 is 0 Å². The van der Waals surface area contributed by atoms with Crippen LogP contribution in [-0.2, 0) is 16.1 Å². The van der Waals surface area contributed by atoms with Gasteiger partial charge in [-0.05, 0) is 37.8 Å². The molecule has 1 rings (SSSR count). The van der Waals surface area contributed by atoms with Gasteiger partial charge in [-0.2, -0.15) is 0 Å². The summed E-state index contributed by atoms with van der Waals surface area (Å²) >= 11 is 0. The molecule has 0 heterocycles. The lowest BCUT2D eigenvalue weighted by Gasteiger charge is -2.16. The lowest BCUT2D eigenvalue weighted by Crippen LogP contribution is -2.20. The van der Waals surface area contributed by atoms with E-state index in [4.69, 9.17) is 4.74 Å². The van der Waals surface area contributed by atoms with Crippen molar-refractivity contribution in [3.63, 3.8) is 0 Å². The molecule has 0 bridgehead atoms. The summed E-state index contributed by atoms with van der Waals surface area (Å²) in [6.45, 7) is 4.61. The van der Waals surface area contributed by atoms with Crippen molar-refractivity contribution in [2.24, 2.45) is 0 Å². The molecule has 0 aliphatic heterocycles. The van der Waals surface area contributed by atoms with Crippen molar-refractivity contribution in [1.82, 2.24) is 0 Å². The van der Waals surface area contributed by atoms with Crippen LogP contribution in [0, 0.1) is 0 Å². The first-order valence-electron chi connectivity index (χ1n) is 8.64. The first-order valence-corrected chi connectivity index (χ1v) is 8.64. The number of rotatable bonds is 12. The molecule has 3 heteroatoms. The molecule has 1 N–H and O–H groups in total. The largest absolute Gasteiger partial charge is 0.393 e. The molecule has 23 heavy (non-hydrogen) atoms. The Morgan fingerprint density at radius 3 is 2.70 bits per heavy atom. The Balaban J connectivity index is 2.19. The molecule has 0 aliphatic rings. The topological polar surface area (TPSA) is 46.5 Å². The second-order valence-corrected chi connectivity index (χ2v) is 6.07. The maximum atomic E-state index is 11.8. The molecular weight excluding hydrogens is 288 g/mol. The number of ketones is 1. The van der Waals surface area contributed by atoms with E-state index in [0.29, 0.717) is 13.0 Å². The van der Waals surface area contributed by atoms with Crippen LogP contribution >= 0.6 is 0 Å². The van der Waals surface area contributed by atoms with Crippen LogP contribution in [0.3, 0.4) is 0 Å². The SMILES string of the molecule is CCCCC/C=C/C(=O)C[C@H](O)C[C@H](C)OCc1ccccc1. The van der Waals surface area contributed by atoms with Crippen molar-refractivity contribution in [1.29, 1.82) is 0 Å². The number of benzene rings is 1. The minimum absolute atomic E-state index is 0.00995. The number of aliphatic hydroxyl groups is 1. The van der Waals surface area contributed by atoms with Gasteiger partial charge in [0.15, 0.2) is 5.78 Å². The van der Waals surface area contributed by atoms with Gasteiger partial charge in [-0.1, -0.05) is 56.2 Å². The van der Waals surface area contributed by atoms with Crippen molar-refractivity contribution in [3.8, 4) is 0 Å². The van der Waals surface area contributed by atoms with E-state index in [1.807, 2.05) is 43.3 Å². The highest BCUT2D eigenvalue weighted by atomic mass is 16.5. The smallest absolute Gasteiger partial charge is 0.157 e. The van der Waals surface area contributed by atoms with E-state index in [9.17, 15) is 9.90 Å². The molecule has 0 radical (unpaired) electrons. The second kappa shape index (κ2) is 12.0. The Morgan fingerprint density at radius 1 is 1.26 bits per heavy atom. The average molecular weight is 318 g/mol. The second-order valence-electron chi connectivity index (χ2n) is 6.07. The van der Waals surface area contributed by atoms with Crippen molar-refractivity contribution in [2.75, 3.05) is 0 Å². The minimum Gasteiger partial charge on any atom is -0.393 e. The molecule has 3 nitrogen and oxygen atoms in total. The van der Waals surface area contributed by atoms with Crippen LogP contribution in [0.4, 0.5) is 0 Å². The fourth-order valence-electron chi connectivity index (χ4n) is 2.37. The highest BCUT2D eigenvalue weighted by molar-refractivity contribution is 5.89. The van der Waals surface area contributed by atoms with Gasteiger partial charge in [0.2, 0.25) is 0 Å². The maximum absolute atomic E-state index is 11.8. The molecule has 2 atom stereocenters. The van der Waals surface area contributed by atoms with E-state index < -0.39 is 6.10 Å². The Labute approximate surface area is 140 Å². The first-order chi connectivity index (χ1) is 11.1. The molecular formula is C20H30O3. The molecule has 1 aromatic rings. The Hall–Kier alpha value is -1.45. The van der Waals surface area contributed by atoms with Crippen LogP contribution in [0.15, 0.2) is 42.5 Å². The number of hydrogen-bond acceptors (Lipinski definition) is 3. The summed E-state index contributed by atoms with van der Waals surface area (Å²) in [5, 5.41) is 9.99. The van der Waals surface area contributed by atoms with Crippen molar-refractivity contribution >= 4 is 5.78 Å².